The molecule has 8 heteroatoms. The summed E-state index contributed by atoms with van der Waals surface area (Å²) in [5.41, 5.74) is 11.1. The maximum atomic E-state index is 13.8. The van der Waals surface area contributed by atoms with Crippen molar-refractivity contribution in [1.82, 2.24) is 9.80 Å². The second-order valence-electron chi connectivity index (χ2n) is 10.2. The molecule has 0 spiro atoms. The molecule has 0 radical (unpaired) electrons. The molecule has 0 aromatic heterocycles. The summed E-state index contributed by atoms with van der Waals surface area (Å²) in [5.74, 6) is 0.199. The van der Waals surface area contributed by atoms with Gasteiger partial charge in [-0.25, -0.2) is 4.79 Å². The van der Waals surface area contributed by atoms with Crippen LogP contribution in [0.2, 0.25) is 5.02 Å². The zero-order valence-corrected chi connectivity index (χ0v) is 22.4. The Labute approximate surface area is 219 Å². The van der Waals surface area contributed by atoms with E-state index < -0.39 is 12.1 Å². The molecule has 2 aromatic carbocycles. The lowest BCUT2D eigenvalue weighted by atomic mass is 9.90. The minimum absolute atomic E-state index is 0.0273. The summed E-state index contributed by atoms with van der Waals surface area (Å²) in [4.78, 5) is 32.2. The first-order valence-electron chi connectivity index (χ1n) is 12.7. The molecule has 2 aromatic rings. The summed E-state index contributed by atoms with van der Waals surface area (Å²) in [6.07, 6.45) is 0.239. The Morgan fingerprint density at radius 2 is 1.69 bits per heavy atom. The fraction of sp³-hybridized carbons (Fsp3) is 0.500. The first kappa shape index (κ1) is 26.3. The molecule has 2 amide bonds. The number of carbonyl (C=O) groups excluding carboxylic acids is 2. The van der Waals surface area contributed by atoms with Crippen molar-refractivity contribution in [3.63, 3.8) is 0 Å². The van der Waals surface area contributed by atoms with Crippen molar-refractivity contribution in [3.8, 4) is 0 Å². The third kappa shape index (κ3) is 5.32. The van der Waals surface area contributed by atoms with E-state index in [0.29, 0.717) is 50.1 Å². The van der Waals surface area contributed by atoms with Crippen LogP contribution in [0.3, 0.4) is 0 Å². The molecule has 4 rings (SSSR count). The number of nitrogens with zero attached hydrogens (tertiary/aromatic N) is 3. The number of ether oxygens (including phenoxy) is 1. The van der Waals surface area contributed by atoms with Crippen LogP contribution < -0.4 is 10.6 Å². The van der Waals surface area contributed by atoms with Gasteiger partial charge >= 0.3 is 6.09 Å². The SMILES string of the molecule is COC(=O)N1CC[C@@H](c2ccc(Cl)cc2)[C@H]1C(=O)N1CCN(c2ccc(C)cc2[C@@H](N)C(C)C)CC1. The van der Waals surface area contributed by atoms with Gasteiger partial charge in [0.2, 0.25) is 5.91 Å². The molecular weight excluding hydrogens is 476 g/mol. The number of likely N-dealkylation sites (tertiary alicyclic amines) is 1. The first-order valence-corrected chi connectivity index (χ1v) is 13.1. The van der Waals surface area contributed by atoms with Crippen molar-refractivity contribution >= 4 is 29.3 Å². The molecule has 0 bridgehead atoms. The Morgan fingerprint density at radius 1 is 1.03 bits per heavy atom. The van der Waals surface area contributed by atoms with Gasteiger partial charge in [0.05, 0.1) is 7.11 Å². The van der Waals surface area contributed by atoms with Gasteiger partial charge in [-0.3, -0.25) is 9.69 Å². The van der Waals surface area contributed by atoms with Crippen LogP contribution in [0.4, 0.5) is 10.5 Å². The maximum absolute atomic E-state index is 13.8. The Balaban J connectivity index is 1.52. The van der Waals surface area contributed by atoms with Gasteiger partial charge in [-0.1, -0.05) is 55.3 Å². The highest BCUT2D eigenvalue weighted by molar-refractivity contribution is 6.30. The number of carbonyl (C=O) groups is 2. The third-order valence-corrected chi connectivity index (χ3v) is 7.80. The molecule has 3 atom stereocenters. The lowest BCUT2D eigenvalue weighted by Gasteiger charge is -2.40. The van der Waals surface area contributed by atoms with Crippen molar-refractivity contribution < 1.29 is 14.3 Å². The number of halogens is 1. The summed E-state index contributed by atoms with van der Waals surface area (Å²) < 4.78 is 5.02. The zero-order chi connectivity index (χ0) is 26.0. The lowest BCUT2D eigenvalue weighted by molar-refractivity contribution is -0.136. The average molecular weight is 513 g/mol. The molecule has 2 aliphatic heterocycles. The van der Waals surface area contributed by atoms with Gasteiger partial charge in [0.15, 0.2) is 0 Å². The molecule has 7 nitrogen and oxygen atoms in total. The smallest absolute Gasteiger partial charge is 0.410 e. The number of rotatable bonds is 5. The summed E-state index contributed by atoms with van der Waals surface area (Å²) in [5, 5.41) is 0.647. The van der Waals surface area contributed by atoms with E-state index in [9.17, 15) is 9.59 Å². The van der Waals surface area contributed by atoms with Crippen LogP contribution in [0.25, 0.3) is 0 Å². The van der Waals surface area contributed by atoms with E-state index in [1.54, 1.807) is 4.90 Å². The molecule has 2 fully saturated rings. The molecule has 0 saturated carbocycles. The summed E-state index contributed by atoms with van der Waals surface area (Å²) in [6.45, 7) is 9.44. The Hall–Kier alpha value is -2.77. The van der Waals surface area contributed by atoms with E-state index in [2.05, 4.69) is 43.9 Å². The van der Waals surface area contributed by atoms with Gasteiger partial charge in [-0.15, -0.1) is 0 Å². The molecule has 2 aliphatic rings. The van der Waals surface area contributed by atoms with Gasteiger partial charge in [0.1, 0.15) is 6.04 Å². The Morgan fingerprint density at radius 3 is 2.31 bits per heavy atom. The molecule has 194 valence electrons. The normalized spacial score (nSPS) is 21.1. The van der Waals surface area contributed by atoms with E-state index in [1.807, 2.05) is 29.2 Å². The van der Waals surface area contributed by atoms with Gasteiger partial charge < -0.3 is 20.3 Å². The number of anilines is 1. The van der Waals surface area contributed by atoms with Crippen LogP contribution in [0.15, 0.2) is 42.5 Å². The quantitative estimate of drug-likeness (QED) is 0.634. The van der Waals surface area contributed by atoms with E-state index in [0.717, 1.165) is 16.8 Å². The first-order chi connectivity index (χ1) is 17.2. The molecule has 2 saturated heterocycles. The van der Waals surface area contributed by atoms with Crippen molar-refractivity contribution in [2.45, 2.75) is 45.2 Å². The minimum Gasteiger partial charge on any atom is -0.453 e. The average Bonchev–Trinajstić information content (AvgIpc) is 3.33. The molecule has 2 N–H and O–H groups in total. The summed E-state index contributed by atoms with van der Waals surface area (Å²) in [7, 11) is 1.36. The fourth-order valence-corrected chi connectivity index (χ4v) is 5.55. The van der Waals surface area contributed by atoms with Crippen molar-refractivity contribution in [2.75, 3.05) is 44.7 Å². The highest BCUT2D eigenvalue weighted by atomic mass is 35.5. The molecule has 0 unspecified atom stereocenters. The number of hydrogen-bond acceptors (Lipinski definition) is 5. The second kappa shape index (κ2) is 11.1. The number of nitrogens with two attached hydrogens (primary N) is 1. The van der Waals surface area contributed by atoms with Crippen LogP contribution in [0.1, 0.15) is 48.9 Å². The Bertz CT molecular complexity index is 1080. The van der Waals surface area contributed by atoms with Gasteiger partial charge in [0.25, 0.3) is 0 Å². The number of methoxy groups -OCH3 is 1. The predicted molar refractivity (Wildman–Crippen MR) is 143 cm³/mol. The van der Waals surface area contributed by atoms with E-state index >= 15 is 0 Å². The van der Waals surface area contributed by atoms with Crippen LogP contribution in [-0.4, -0.2) is 67.7 Å². The largest absolute Gasteiger partial charge is 0.453 e. The fourth-order valence-electron chi connectivity index (χ4n) is 5.42. The van der Waals surface area contributed by atoms with E-state index in [-0.39, 0.29) is 17.9 Å². The lowest BCUT2D eigenvalue weighted by Crippen LogP contribution is -2.55. The number of piperazine rings is 1. The highest BCUT2D eigenvalue weighted by Crippen LogP contribution is 2.36. The van der Waals surface area contributed by atoms with Crippen molar-refractivity contribution in [2.24, 2.45) is 11.7 Å². The Kier molecular flexibility index (Phi) is 8.10. The van der Waals surface area contributed by atoms with Crippen LogP contribution in [-0.2, 0) is 9.53 Å². The monoisotopic (exact) mass is 512 g/mol. The van der Waals surface area contributed by atoms with Crippen LogP contribution in [0.5, 0.6) is 0 Å². The topological polar surface area (TPSA) is 79.1 Å². The second-order valence-corrected chi connectivity index (χ2v) is 10.6. The number of hydrogen-bond donors (Lipinski definition) is 1. The highest BCUT2D eigenvalue weighted by Gasteiger charge is 2.45. The third-order valence-electron chi connectivity index (χ3n) is 7.55. The minimum atomic E-state index is -0.588. The summed E-state index contributed by atoms with van der Waals surface area (Å²) in [6, 6.07) is 13.4. The van der Waals surface area contributed by atoms with Crippen molar-refractivity contribution in [1.29, 1.82) is 0 Å². The van der Waals surface area contributed by atoms with Crippen LogP contribution in [0, 0.1) is 12.8 Å². The predicted octanol–water partition coefficient (Wildman–Crippen LogP) is 4.58. The number of benzene rings is 2. The van der Waals surface area contributed by atoms with E-state index in [1.165, 1.54) is 12.7 Å². The maximum Gasteiger partial charge on any atom is 0.410 e. The van der Waals surface area contributed by atoms with Gasteiger partial charge in [0, 0.05) is 55.4 Å². The van der Waals surface area contributed by atoms with Crippen molar-refractivity contribution in [3.05, 3.63) is 64.2 Å². The molecule has 36 heavy (non-hydrogen) atoms. The molecule has 2 heterocycles. The summed E-state index contributed by atoms with van der Waals surface area (Å²) >= 11 is 6.09. The van der Waals surface area contributed by atoms with Gasteiger partial charge in [-0.05, 0) is 48.6 Å². The number of aryl methyl sites for hydroxylation is 1. The molecular formula is C28H37ClN4O3. The van der Waals surface area contributed by atoms with Crippen LogP contribution >= 0.6 is 11.6 Å². The zero-order valence-electron chi connectivity index (χ0n) is 21.6. The van der Waals surface area contributed by atoms with E-state index in [4.69, 9.17) is 22.1 Å². The molecule has 0 aliphatic carbocycles. The number of amides is 2. The van der Waals surface area contributed by atoms with Gasteiger partial charge in [-0.2, -0.15) is 0 Å². The standard InChI is InChI=1S/C28H37ClN4O3/c1-18(2)25(30)23-17-19(3)5-10-24(23)31-13-15-32(16-14-31)27(34)26-22(11-12-33(26)28(35)36-4)20-6-8-21(29)9-7-20/h5-10,17-18,22,25-26H,11-16,30H2,1-4H3/t22-,25-,26-/m0/s1.